The van der Waals surface area contributed by atoms with Crippen molar-refractivity contribution < 1.29 is 26.9 Å². The zero-order chi connectivity index (χ0) is 29.3. The number of aromatic amines is 1. The summed E-state index contributed by atoms with van der Waals surface area (Å²) in [6, 6.07) is 0. The summed E-state index contributed by atoms with van der Waals surface area (Å²) in [5.41, 5.74) is 4.01. The number of nitrogens with two attached hydrogens (primary N) is 1. The Morgan fingerprint density at radius 3 is 2.13 bits per heavy atom. The average Bonchev–Trinajstić information content (AvgIpc) is 3.14. The van der Waals surface area contributed by atoms with E-state index in [0.29, 0.717) is 5.56 Å². The summed E-state index contributed by atoms with van der Waals surface area (Å²) in [7, 11) is -8.56. The van der Waals surface area contributed by atoms with E-state index >= 15 is 0 Å². The van der Waals surface area contributed by atoms with Crippen LogP contribution >= 0.6 is 10.9 Å². The minimum Gasteiger partial charge on any atom is -0.414 e. The molecular formula is C24H45N3O8SSi2. The van der Waals surface area contributed by atoms with Crippen LogP contribution in [-0.2, 0) is 17.8 Å². The van der Waals surface area contributed by atoms with Crippen LogP contribution in [0.2, 0.25) is 36.3 Å². The van der Waals surface area contributed by atoms with Crippen molar-refractivity contribution in [2.45, 2.75) is 109 Å². The Morgan fingerprint density at radius 2 is 1.66 bits per heavy atom. The number of H-pyrrole nitrogens is 1. The quantitative estimate of drug-likeness (QED) is 0.352. The minimum atomic E-state index is -3.68. The molecule has 1 saturated heterocycles. The van der Waals surface area contributed by atoms with Crippen molar-refractivity contribution in [1.29, 1.82) is 0 Å². The van der Waals surface area contributed by atoms with Crippen LogP contribution in [0.15, 0.2) is 26.9 Å². The van der Waals surface area contributed by atoms with Crippen LogP contribution in [-0.4, -0.2) is 59.7 Å². The Balaban J connectivity index is 2.22. The number of rotatable bonds is 6. The summed E-state index contributed by atoms with van der Waals surface area (Å²) in [5.74, 6) is 0. The molecule has 1 aromatic rings. The lowest BCUT2D eigenvalue weighted by Gasteiger charge is -2.44. The first-order valence-electron chi connectivity index (χ1n) is 12.7. The second-order valence-corrected chi connectivity index (χ2v) is 24.4. The monoisotopic (exact) mass is 591 g/mol. The van der Waals surface area contributed by atoms with Crippen LogP contribution in [0, 0.1) is 6.92 Å². The standard InChI is InChI=1S/C24H45N3O8SSi2/c1-15-12-27(21(29)26-19(15)28)20-18(34-38(10,11)23(5,6)7)24(16(25)14-36(30,31)35-24)17(33-20)13-32-37(8,9)22(2,3)4/h12,14,17-18,20,30-31H,13,25H2,1-11H3,(H,26,28,29)/t17-,18+,20-,24+/m1/s1. The predicted molar refractivity (Wildman–Crippen MR) is 154 cm³/mol. The Labute approximate surface area is 228 Å². The van der Waals surface area contributed by atoms with Gasteiger partial charge < -0.3 is 28.4 Å². The molecule has 11 nitrogen and oxygen atoms in total. The lowest BCUT2D eigenvalue weighted by atomic mass is 9.89. The molecule has 0 amide bonds. The molecule has 4 atom stereocenters. The molecular weight excluding hydrogens is 547 g/mol. The zero-order valence-electron chi connectivity index (χ0n) is 24.4. The highest BCUT2D eigenvalue weighted by molar-refractivity contribution is 8.23. The molecule has 1 fully saturated rings. The lowest BCUT2D eigenvalue weighted by Crippen LogP contribution is -2.59. The molecule has 0 radical (unpaired) electrons. The average molecular weight is 592 g/mol. The third-order valence-corrected chi connectivity index (χ3v) is 18.5. The lowest BCUT2D eigenvalue weighted by molar-refractivity contribution is -0.0577. The van der Waals surface area contributed by atoms with Crippen molar-refractivity contribution in [1.82, 2.24) is 9.55 Å². The fraction of sp³-hybridized carbons (Fsp3) is 0.750. The molecule has 2 aliphatic rings. The Kier molecular flexibility index (Phi) is 7.99. The van der Waals surface area contributed by atoms with Gasteiger partial charge in [0.15, 0.2) is 28.5 Å². The molecule has 0 unspecified atom stereocenters. The van der Waals surface area contributed by atoms with E-state index in [4.69, 9.17) is 23.5 Å². The van der Waals surface area contributed by atoms with Crippen molar-refractivity contribution in [2.24, 2.45) is 5.73 Å². The fourth-order valence-electron chi connectivity index (χ4n) is 4.01. The summed E-state index contributed by atoms with van der Waals surface area (Å²) >= 11 is 0. The van der Waals surface area contributed by atoms with Gasteiger partial charge in [-0.2, -0.15) is 0 Å². The summed E-state index contributed by atoms with van der Waals surface area (Å²) in [6.45, 7) is 22.4. The first kappa shape index (κ1) is 31.3. The highest BCUT2D eigenvalue weighted by Crippen LogP contribution is 2.61. The van der Waals surface area contributed by atoms with Gasteiger partial charge in [0.05, 0.1) is 12.3 Å². The van der Waals surface area contributed by atoms with E-state index in [0.717, 1.165) is 5.41 Å². The maximum absolute atomic E-state index is 13.0. The third kappa shape index (κ3) is 5.52. The largest absolute Gasteiger partial charge is 0.414 e. The van der Waals surface area contributed by atoms with Gasteiger partial charge in [-0.05, 0) is 43.2 Å². The van der Waals surface area contributed by atoms with Gasteiger partial charge in [0.1, 0.15) is 23.1 Å². The number of hydrogen-bond acceptors (Lipinski definition) is 9. The molecule has 0 aromatic carbocycles. The Bertz CT molecular complexity index is 1210. The van der Waals surface area contributed by atoms with Crippen molar-refractivity contribution in [3.8, 4) is 0 Å². The summed E-state index contributed by atoms with van der Waals surface area (Å²) in [5, 5.41) is 0.740. The molecule has 3 heterocycles. The van der Waals surface area contributed by atoms with E-state index in [-0.39, 0.29) is 22.4 Å². The van der Waals surface area contributed by atoms with E-state index in [1.807, 2.05) is 13.1 Å². The van der Waals surface area contributed by atoms with Gasteiger partial charge >= 0.3 is 5.69 Å². The summed E-state index contributed by atoms with van der Waals surface area (Å²) in [6.07, 6.45) is -1.68. The second kappa shape index (κ2) is 9.70. The van der Waals surface area contributed by atoms with Crippen LogP contribution < -0.4 is 17.0 Å². The van der Waals surface area contributed by atoms with Crippen LogP contribution in [0.25, 0.3) is 0 Å². The predicted octanol–water partition coefficient (Wildman–Crippen LogP) is 4.39. The number of nitrogens with one attached hydrogen (secondary N) is 1. The Hall–Kier alpha value is -1.24. The molecule has 218 valence electrons. The van der Waals surface area contributed by atoms with Crippen LogP contribution in [0.4, 0.5) is 0 Å². The van der Waals surface area contributed by atoms with E-state index in [1.54, 1.807) is 6.92 Å². The number of hydrogen-bond donors (Lipinski definition) is 4. The van der Waals surface area contributed by atoms with Gasteiger partial charge in [-0.1, -0.05) is 41.5 Å². The molecule has 14 heteroatoms. The van der Waals surface area contributed by atoms with Gasteiger partial charge in [0.2, 0.25) is 0 Å². The molecule has 3 rings (SSSR count). The molecule has 0 bridgehead atoms. The number of aromatic nitrogens is 2. The van der Waals surface area contributed by atoms with E-state index in [9.17, 15) is 18.7 Å². The molecule has 1 aromatic heterocycles. The van der Waals surface area contributed by atoms with Gasteiger partial charge in [-0.15, -0.1) is 0 Å². The number of ether oxygens (including phenoxy) is 1. The topological polar surface area (TPSA) is 158 Å². The zero-order valence-corrected chi connectivity index (χ0v) is 27.2. The maximum atomic E-state index is 13.0. The smallest absolute Gasteiger partial charge is 0.330 e. The van der Waals surface area contributed by atoms with Crippen LogP contribution in [0.5, 0.6) is 0 Å². The van der Waals surface area contributed by atoms with Crippen LogP contribution in [0.3, 0.4) is 0 Å². The molecule has 1 spiro atoms. The number of aryl methyl sites for hydroxylation is 1. The second-order valence-electron chi connectivity index (χ2n) is 13.4. The van der Waals surface area contributed by atoms with Crippen LogP contribution in [0.1, 0.15) is 53.3 Å². The van der Waals surface area contributed by atoms with Crippen molar-refractivity contribution >= 4 is 27.5 Å². The normalized spacial score (nSPS) is 29.1. The van der Waals surface area contributed by atoms with Gasteiger partial charge in [0, 0.05) is 17.2 Å². The summed E-state index contributed by atoms with van der Waals surface area (Å²) < 4.78 is 48.4. The van der Waals surface area contributed by atoms with E-state index < -0.39 is 62.8 Å². The highest BCUT2D eigenvalue weighted by Gasteiger charge is 2.67. The third-order valence-electron chi connectivity index (χ3n) is 8.51. The maximum Gasteiger partial charge on any atom is 0.330 e. The molecule has 0 aliphatic carbocycles. The molecule has 5 N–H and O–H groups in total. The number of nitrogens with zero attached hydrogens (tertiary/aromatic N) is 1. The van der Waals surface area contributed by atoms with E-state index in [2.05, 4.69) is 59.6 Å². The van der Waals surface area contributed by atoms with Gasteiger partial charge in [0.25, 0.3) is 5.56 Å². The SMILES string of the molecule is Cc1cn([C@@H]2O[C@H](CO[Si](C)(C)C(C)(C)C)[C@]3(OS(O)(O)C=C3N)[C@H]2O[Si](C)(C)C(C)(C)C)c(=O)[nH]c1=O. The highest BCUT2D eigenvalue weighted by atomic mass is 32.3. The first-order chi connectivity index (χ1) is 17.0. The van der Waals surface area contributed by atoms with Gasteiger partial charge in [-0.25, -0.2) is 4.79 Å². The molecule has 38 heavy (non-hydrogen) atoms. The first-order valence-corrected chi connectivity index (χ1v) is 20.1. The summed E-state index contributed by atoms with van der Waals surface area (Å²) in [4.78, 5) is 27.5. The van der Waals surface area contributed by atoms with Crippen molar-refractivity contribution in [3.05, 3.63) is 43.7 Å². The van der Waals surface area contributed by atoms with Crippen molar-refractivity contribution in [2.75, 3.05) is 6.61 Å². The fourth-order valence-corrected chi connectivity index (χ4v) is 7.56. The van der Waals surface area contributed by atoms with E-state index in [1.165, 1.54) is 10.8 Å². The molecule has 2 aliphatic heterocycles. The minimum absolute atomic E-state index is 0.0193. The van der Waals surface area contributed by atoms with Crippen molar-refractivity contribution in [3.63, 3.8) is 0 Å². The Morgan fingerprint density at radius 1 is 1.11 bits per heavy atom. The van der Waals surface area contributed by atoms with Gasteiger partial charge in [-0.3, -0.25) is 18.5 Å². The molecule has 0 saturated carbocycles.